The molecule has 0 unspecified atom stereocenters. The summed E-state index contributed by atoms with van der Waals surface area (Å²) in [6, 6.07) is 8.22. The van der Waals surface area contributed by atoms with Crippen molar-refractivity contribution in [3.8, 4) is 5.75 Å². The molecule has 0 radical (unpaired) electrons. The lowest BCUT2D eigenvalue weighted by molar-refractivity contribution is 0.195. The van der Waals surface area contributed by atoms with E-state index in [2.05, 4.69) is 34.7 Å². The van der Waals surface area contributed by atoms with Crippen LogP contribution in [0.3, 0.4) is 0 Å². The highest BCUT2D eigenvalue weighted by atomic mass is 127. The van der Waals surface area contributed by atoms with Gasteiger partial charge in [0.1, 0.15) is 5.75 Å². The zero-order chi connectivity index (χ0) is 16.0. The third-order valence-corrected chi connectivity index (χ3v) is 3.21. The van der Waals surface area contributed by atoms with E-state index in [1.807, 2.05) is 12.1 Å². The summed E-state index contributed by atoms with van der Waals surface area (Å²) in [5, 5.41) is 6.57. The highest BCUT2D eigenvalue weighted by Crippen LogP contribution is 2.12. The number of hydrogen-bond acceptors (Lipinski definition) is 3. The molecule has 0 bridgehead atoms. The molecule has 1 aromatic rings. The number of aliphatic imine (C=N–C) groups is 1. The molecule has 23 heavy (non-hydrogen) atoms. The first-order valence-corrected chi connectivity index (χ1v) is 7.94. The van der Waals surface area contributed by atoms with Gasteiger partial charge in [0, 0.05) is 33.4 Å². The highest BCUT2D eigenvalue weighted by Gasteiger charge is 1.97. The van der Waals surface area contributed by atoms with Gasteiger partial charge in [-0.25, -0.2) is 0 Å². The summed E-state index contributed by atoms with van der Waals surface area (Å²) in [6.45, 7) is 5.39. The summed E-state index contributed by atoms with van der Waals surface area (Å²) < 4.78 is 10.2. The summed E-state index contributed by atoms with van der Waals surface area (Å²) >= 11 is 0. The number of nitrogens with zero attached hydrogens (tertiary/aromatic N) is 1. The smallest absolute Gasteiger partial charge is 0.191 e. The summed E-state index contributed by atoms with van der Waals surface area (Å²) in [7, 11) is 3.41. The highest BCUT2D eigenvalue weighted by molar-refractivity contribution is 14.0. The van der Waals surface area contributed by atoms with Crippen molar-refractivity contribution in [1.82, 2.24) is 10.6 Å². The van der Waals surface area contributed by atoms with Crippen LogP contribution < -0.4 is 15.4 Å². The molecule has 0 saturated heterocycles. The molecule has 0 amide bonds. The lowest BCUT2D eigenvalue weighted by Gasteiger charge is -2.11. The number of guanidine groups is 1. The van der Waals surface area contributed by atoms with Crippen LogP contribution in [-0.2, 0) is 11.2 Å². The van der Waals surface area contributed by atoms with Gasteiger partial charge in [0.2, 0.25) is 0 Å². The molecule has 0 saturated carbocycles. The van der Waals surface area contributed by atoms with Crippen molar-refractivity contribution in [2.75, 3.05) is 40.5 Å². The van der Waals surface area contributed by atoms with E-state index >= 15 is 0 Å². The first kappa shape index (κ1) is 22.0. The predicted molar refractivity (Wildman–Crippen MR) is 107 cm³/mol. The average Bonchev–Trinajstić information content (AvgIpc) is 2.56. The molecular formula is C17H30IN3O2. The minimum atomic E-state index is 0. The van der Waals surface area contributed by atoms with Crippen LogP contribution in [0.15, 0.2) is 29.3 Å². The average molecular weight is 435 g/mol. The number of aryl methyl sites for hydroxylation is 1. The lowest BCUT2D eigenvalue weighted by atomic mass is 10.1. The van der Waals surface area contributed by atoms with Crippen molar-refractivity contribution in [2.45, 2.75) is 26.2 Å². The third-order valence-electron chi connectivity index (χ3n) is 3.21. The Morgan fingerprint density at radius 3 is 2.43 bits per heavy atom. The summed E-state index contributed by atoms with van der Waals surface area (Å²) in [5.74, 6) is 1.78. The molecule has 0 aliphatic heterocycles. The molecule has 0 aromatic heterocycles. The molecule has 132 valence electrons. The molecule has 0 atom stereocenters. The van der Waals surface area contributed by atoms with Gasteiger partial charge in [-0.3, -0.25) is 4.99 Å². The van der Waals surface area contributed by atoms with Crippen LogP contribution in [0.1, 0.15) is 25.3 Å². The van der Waals surface area contributed by atoms with E-state index in [0.29, 0.717) is 0 Å². The van der Waals surface area contributed by atoms with Crippen LogP contribution in [-0.4, -0.2) is 46.4 Å². The number of ether oxygens (including phenoxy) is 2. The Labute approximate surface area is 157 Å². The number of benzene rings is 1. The standard InChI is InChI=1S/C17H29N3O2.HI/c1-4-18-17(20-13-6-14-21-2)19-12-5-7-15-8-10-16(22-3)11-9-15;/h8-11H,4-7,12-14H2,1-3H3,(H2,18,19,20);1H. The van der Waals surface area contributed by atoms with Crippen molar-refractivity contribution in [3.05, 3.63) is 29.8 Å². The molecule has 1 rings (SSSR count). The summed E-state index contributed by atoms with van der Waals surface area (Å²) in [6.07, 6.45) is 3.03. The fraction of sp³-hybridized carbons (Fsp3) is 0.588. The van der Waals surface area contributed by atoms with Gasteiger partial charge in [-0.2, -0.15) is 0 Å². The Kier molecular flexibility index (Phi) is 13.9. The van der Waals surface area contributed by atoms with E-state index in [-0.39, 0.29) is 24.0 Å². The molecule has 6 heteroatoms. The van der Waals surface area contributed by atoms with E-state index in [0.717, 1.165) is 57.2 Å². The van der Waals surface area contributed by atoms with Crippen molar-refractivity contribution in [2.24, 2.45) is 4.99 Å². The van der Waals surface area contributed by atoms with Gasteiger partial charge in [-0.15, -0.1) is 24.0 Å². The van der Waals surface area contributed by atoms with Crippen molar-refractivity contribution < 1.29 is 9.47 Å². The topological polar surface area (TPSA) is 54.9 Å². The second-order valence-electron chi connectivity index (χ2n) is 4.99. The van der Waals surface area contributed by atoms with Gasteiger partial charge in [0.05, 0.1) is 7.11 Å². The molecule has 0 fully saturated rings. The van der Waals surface area contributed by atoms with Gasteiger partial charge in [-0.05, 0) is 43.9 Å². The van der Waals surface area contributed by atoms with E-state index in [1.165, 1.54) is 5.56 Å². The second-order valence-corrected chi connectivity index (χ2v) is 4.99. The van der Waals surface area contributed by atoms with Crippen molar-refractivity contribution in [3.63, 3.8) is 0 Å². The maximum atomic E-state index is 5.16. The fourth-order valence-corrected chi connectivity index (χ4v) is 2.03. The Morgan fingerprint density at radius 1 is 1.09 bits per heavy atom. The van der Waals surface area contributed by atoms with Crippen LogP contribution in [0.25, 0.3) is 0 Å². The molecule has 5 nitrogen and oxygen atoms in total. The van der Waals surface area contributed by atoms with Crippen LogP contribution in [0.2, 0.25) is 0 Å². The number of nitrogens with one attached hydrogen (secondary N) is 2. The quantitative estimate of drug-likeness (QED) is 0.257. The zero-order valence-electron chi connectivity index (χ0n) is 14.4. The van der Waals surface area contributed by atoms with E-state index in [9.17, 15) is 0 Å². The molecule has 0 spiro atoms. The van der Waals surface area contributed by atoms with E-state index in [4.69, 9.17) is 9.47 Å². The molecule has 1 aromatic carbocycles. The Hall–Kier alpha value is -1.02. The Morgan fingerprint density at radius 2 is 1.83 bits per heavy atom. The van der Waals surface area contributed by atoms with Crippen LogP contribution in [0.5, 0.6) is 5.75 Å². The van der Waals surface area contributed by atoms with Gasteiger partial charge in [0.25, 0.3) is 0 Å². The minimum absolute atomic E-state index is 0. The normalized spacial score (nSPS) is 10.8. The van der Waals surface area contributed by atoms with Gasteiger partial charge >= 0.3 is 0 Å². The van der Waals surface area contributed by atoms with E-state index < -0.39 is 0 Å². The fourth-order valence-electron chi connectivity index (χ4n) is 2.03. The van der Waals surface area contributed by atoms with E-state index in [1.54, 1.807) is 14.2 Å². The lowest BCUT2D eigenvalue weighted by Crippen LogP contribution is -2.38. The second kappa shape index (κ2) is 14.6. The van der Waals surface area contributed by atoms with Gasteiger partial charge in [-0.1, -0.05) is 12.1 Å². The van der Waals surface area contributed by atoms with Gasteiger partial charge < -0.3 is 20.1 Å². The van der Waals surface area contributed by atoms with Crippen LogP contribution in [0, 0.1) is 0 Å². The van der Waals surface area contributed by atoms with Crippen LogP contribution in [0.4, 0.5) is 0 Å². The Bertz CT molecular complexity index is 424. The monoisotopic (exact) mass is 435 g/mol. The summed E-state index contributed by atoms with van der Waals surface area (Å²) in [5.41, 5.74) is 1.31. The maximum Gasteiger partial charge on any atom is 0.191 e. The Balaban J connectivity index is 0.00000484. The minimum Gasteiger partial charge on any atom is -0.497 e. The predicted octanol–water partition coefficient (Wildman–Crippen LogP) is 2.84. The largest absolute Gasteiger partial charge is 0.497 e. The number of methoxy groups -OCH3 is 2. The number of rotatable bonds is 10. The van der Waals surface area contributed by atoms with Crippen molar-refractivity contribution >= 4 is 29.9 Å². The van der Waals surface area contributed by atoms with Crippen molar-refractivity contribution in [1.29, 1.82) is 0 Å². The summed E-state index contributed by atoms with van der Waals surface area (Å²) in [4.78, 5) is 4.59. The molecule has 0 aliphatic rings. The number of hydrogen-bond donors (Lipinski definition) is 2. The maximum absolute atomic E-state index is 5.16. The zero-order valence-corrected chi connectivity index (χ0v) is 16.8. The van der Waals surface area contributed by atoms with Gasteiger partial charge in [0.15, 0.2) is 5.96 Å². The molecular weight excluding hydrogens is 405 g/mol. The number of halogens is 1. The molecule has 0 aliphatic carbocycles. The SMILES string of the molecule is CCNC(=NCCCc1ccc(OC)cc1)NCCCOC.I. The van der Waals surface area contributed by atoms with Crippen LogP contribution >= 0.6 is 24.0 Å². The first-order valence-electron chi connectivity index (χ1n) is 7.94. The third kappa shape index (κ3) is 10.4. The molecule has 2 N–H and O–H groups in total. The molecule has 0 heterocycles. The first-order chi connectivity index (χ1) is 10.8.